The molecule has 0 spiro atoms. The molecule has 2 fully saturated rings. The van der Waals surface area contributed by atoms with E-state index < -0.39 is 5.54 Å². The van der Waals surface area contributed by atoms with Crippen molar-refractivity contribution in [3.63, 3.8) is 0 Å². The van der Waals surface area contributed by atoms with E-state index >= 15 is 0 Å². The van der Waals surface area contributed by atoms with Gasteiger partial charge in [-0.25, -0.2) is 0 Å². The van der Waals surface area contributed by atoms with Crippen molar-refractivity contribution in [3.8, 4) is 0 Å². The minimum atomic E-state index is -0.462. The van der Waals surface area contributed by atoms with Crippen LogP contribution in [0.2, 0.25) is 0 Å². The van der Waals surface area contributed by atoms with E-state index in [2.05, 4.69) is 5.32 Å². The molecule has 16 heavy (non-hydrogen) atoms. The third kappa shape index (κ3) is 2.74. The van der Waals surface area contributed by atoms with Gasteiger partial charge >= 0.3 is 5.97 Å². The lowest BCUT2D eigenvalue weighted by Crippen LogP contribution is -2.54. The number of ether oxygens (including phenoxy) is 2. The normalized spacial score (nSPS) is 32.3. The molecule has 4 nitrogen and oxygen atoms in total. The van der Waals surface area contributed by atoms with Crippen LogP contribution in [0.1, 0.15) is 39.0 Å². The topological polar surface area (TPSA) is 47.6 Å². The molecule has 0 saturated carbocycles. The van der Waals surface area contributed by atoms with Crippen molar-refractivity contribution in [3.05, 3.63) is 0 Å². The van der Waals surface area contributed by atoms with Crippen LogP contribution in [0.25, 0.3) is 0 Å². The molecule has 2 aliphatic rings. The monoisotopic (exact) mass is 227 g/mol. The lowest BCUT2D eigenvalue weighted by molar-refractivity contribution is -0.161. The molecular weight excluding hydrogens is 206 g/mol. The highest BCUT2D eigenvalue weighted by Gasteiger charge is 2.37. The Morgan fingerprint density at radius 2 is 2.12 bits per heavy atom. The zero-order valence-corrected chi connectivity index (χ0v) is 9.96. The Kier molecular flexibility index (Phi) is 3.82. The second-order valence-corrected chi connectivity index (χ2v) is 4.93. The first-order chi connectivity index (χ1) is 7.71. The van der Waals surface area contributed by atoms with E-state index in [1.165, 1.54) is 0 Å². The Balaban J connectivity index is 1.85. The maximum absolute atomic E-state index is 12.1. The van der Waals surface area contributed by atoms with Gasteiger partial charge in [0.25, 0.3) is 0 Å². The van der Waals surface area contributed by atoms with Crippen LogP contribution < -0.4 is 5.32 Å². The summed E-state index contributed by atoms with van der Waals surface area (Å²) in [5, 5.41) is 3.28. The Morgan fingerprint density at radius 1 is 1.38 bits per heavy atom. The molecule has 0 aromatic carbocycles. The Labute approximate surface area is 96.7 Å². The number of rotatable bonds is 2. The standard InChI is InChI=1S/C12H21NO3/c1-12(6-2-3-7-13-12)11(14)16-10-4-8-15-9-5-10/h10,13H,2-9H2,1H3. The number of carbonyl (C=O) groups is 1. The van der Waals surface area contributed by atoms with Crippen molar-refractivity contribution in [1.29, 1.82) is 0 Å². The molecule has 1 unspecified atom stereocenters. The number of nitrogens with one attached hydrogen (secondary N) is 1. The molecule has 2 heterocycles. The predicted molar refractivity (Wildman–Crippen MR) is 60.2 cm³/mol. The first kappa shape index (κ1) is 11.9. The molecule has 0 aromatic rings. The summed E-state index contributed by atoms with van der Waals surface area (Å²) in [6, 6.07) is 0. The molecule has 0 amide bonds. The SMILES string of the molecule is CC1(C(=O)OC2CCOCC2)CCCCN1. The fourth-order valence-corrected chi connectivity index (χ4v) is 2.31. The second kappa shape index (κ2) is 5.15. The van der Waals surface area contributed by atoms with Gasteiger partial charge in [-0.3, -0.25) is 4.79 Å². The van der Waals surface area contributed by atoms with E-state index in [0.29, 0.717) is 13.2 Å². The highest BCUT2D eigenvalue weighted by Crippen LogP contribution is 2.22. The van der Waals surface area contributed by atoms with Crippen molar-refractivity contribution >= 4 is 5.97 Å². The van der Waals surface area contributed by atoms with Crippen LogP contribution in [0.3, 0.4) is 0 Å². The fourth-order valence-electron chi connectivity index (χ4n) is 2.31. The van der Waals surface area contributed by atoms with Gasteiger partial charge in [-0.1, -0.05) is 0 Å². The molecule has 2 aliphatic heterocycles. The lowest BCUT2D eigenvalue weighted by Gasteiger charge is -2.34. The third-order valence-corrected chi connectivity index (χ3v) is 3.51. The van der Waals surface area contributed by atoms with E-state index in [1.807, 2.05) is 6.92 Å². The largest absolute Gasteiger partial charge is 0.461 e. The van der Waals surface area contributed by atoms with Gasteiger partial charge in [-0.2, -0.15) is 0 Å². The van der Waals surface area contributed by atoms with E-state index in [1.54, 1.807) is 0 Å². The molecule has 0 aromatic heterocycles. The van der Waals surface area contributed by atoms with Gasteiger partial charge in [0.2, 0.25) is 0 Å². The summed E-state index contributed by atoms with van der Waals surface area (Å²) in [5.41, 5.74) is -0.462. The van der Waals surface area contributed by atoms with Crippen molar-refractivity contribution in [1.82, 2.24) is 5.32 Å². The summed E-state index contributed by atoms with van der Waals surface area (Å²) < 4.78 is 10.8. The average Bonchev–Trinajstić information content (AvgIpc) is 2.31. The first-order valence-electron chi connectivity index (χ1n) is 6.24. The number of carbonyl (C=O) groups excluding carboxylic acids is 1. The van der Waals surface area contributed by atoms with Crippen LogP contribution >= 0.6 is 0 Å². The average molecular weight is 227 g/mol. The first-order valence-corrected chi connectivity index (χ1v) is 6.24. The minimum Gasteiger partial charge on any atom is -0.461 e. The number of hydrogen-bond donors (Lipinski definition) is 1. The Morgan fingerprint density at radius 3 is 2.75 bits per heavy atom. The quantitative estimate of drug-likeness (QED) is 0.721. The number of hydrogen-bond acceptors (Lipinski definition) is 4. The van der Waals surface area contributed by atoms with E-state index in [9.17, 15) is 4.79 Å². The summed E-state index contributed by atoms with van der Waals surface area (Å²) in [6.07, 6.45) is 4.87. The maximum Gasteiger partial charge on any atom is 0.326 e. The van der Waals surface area contributed by atoms with Gasteiger partial charge in [0.1, 0.15) is 11.6 Å². The highest BCUT2D eigenvalue weighted by molar-refractivity contribution is 5.80. The summed E-state index contributed by atoms with van der Waals surface area (Å²) in [5.74, 6) is -0.0842. The van der Waals surface area contributed by atoms with Crippen LogP contribution in [0.15, 0.2) is 0 Å². The van der Waals surface area contributed by atoms with E-state index in [-0.39, 0.29) is 12.1 Å². The van der Waals surface area contributed by atoms with E-state index in [4.69, 9.17) is 9.47 Å². The Hall–Kier alpha value is -0.610. The van der Waals surface area contributed by atoms with Crippen LogP contribution in [-0.2, 0) is 14.3 Å². The molecule has 1 N–H and O–H groups in total. The maximum atomic E-state index is 12.1. The molecule has 0 radical (unpaired) electrons. The van der Waals surface area contributed by atoms with Gasteiger partial charge in [0, 0.05) is 12.8 Å². The molecular formula is C12H21NO3. The van der Waals surface area contributed by atoms with Gasteiger partial charge in [-0.15, -0.1) is 0 Å². The summed E-state index contributed by atoms with van der Waals surface area (Å²) in [4.78, 5) is 12.1. The van der Waals surface area contributed by atoms with Crippen LogP contribution in [0.5, 0.6) is 0 Å². The Bertz CT molecular complexity index is 243. The second-order valence-electron chi connectivity index (χ2n) is 4.93. The smallest absolute Gasteiger partial charge is 0.326 e. The molecule has 4 heteroatoms. The van der Waals surface area contributed by atoms with Crippen molar-refractivity contribution < 1.29 is 14.3 Å². The summed E-state index contributed by atoms with van der Waals surface area (Å²) in [6.45, 7) is 4.29. The van der Waals surface area contributed by atoms with Crippen molar-refractivity contribution in [2.45, 2.75) is 50.7 Å². The molecule has 0 bridgehead atoms. The molecule has 2 rings (SSSR count). The van der Waals surface area contributed by atoms with Gasteiger partial charge in [0.15, 0.2) is 0 Å². The fraction of sp³-hybridized carbons (Fsp3) is 0.917. The van der Waals surface area contributed by atoms with Crippen LogP contribution in [0, 0.1) is 0 Å². The molecule has 2 saturated heterocycles. The lowest BCUT2D eigenvalue weighted by atomic mass is 9.91. The summed E-state index contributed by atoms with van der Waals surface area (Å²) >= 11 is 0. The summed E-state index contributed by atoms with van der Waals surface area (Å²) in [7, 11) is 0. The van der Waals surface area contributed by atoms with Crippen LogP contribution in [0.4, 0.5) is 0 Å². The minimum absolute atomic E-state index is 0.0572. The molecule has 0 aliphatic carbocycles. The molecule has 1 atom stereocenters. The van der Waals surface area contributed by atoms with Gasteiger partial charge < -0.3 is 14.8 Å². The molecule has 92 valence electrons. The number of piperidine rings is 1. The van der Waals surface area contributed by atoms with Gasteiger partial charge in [-0.05, 0) is 32.7 Å². The number of esters is 1. The van der Waals surface area contributed by atoms with Crippen molar-refractivity contribution in [2.24, 2.45) is 0 Å². The zero-order valence-electron chi connectivity index (χ0n) is 9.96. The predicted octanol–water partition coefficient (Wildman–Crippen LogP) is 1.24. The van der Waals surface area contributed by atoms with Crippen LogP contribution in [-0.4, -0.2) is 37.4 Å². The highest BCUT2D eigenvalue weighted by atomic mass is 16.6. The third-order valence-electron chi connectivity index (χ3n) is 3.51. The zero-order chi connectivity index (χ0) is 11.4. The van der Waals surface area contributed by atoms with Gasteiger partial charge in [0.05, 0.1) is 13.2 Å². The van der Waals surface area contributed by atoms with Crippen molar-refractivity contribution in [2.75, 3.05) is 19.8 Å². The van der Waals surface area contributed by atoms with E-state index in [0.717, 1.165) is 38.6 Å².